The van der Waals surface area contributed by atoms with E-state index in [-0.39, 0.29) is 5.92 Å². The highest BCUT2D eigenvalue weighted by Gasteiger charge is 2.16. The fourth-order valence-electron chi connectivity index (χ4n) is 0.990. The second-order valence-corrected chi connectivity index (χ2v) is 3.16. The van der Waals surface area contributed by atoms with Crippen LogP contribution in [0.25, 0.3) is 0 Å². The normalized spacial score (nSPS) is 13.9. The van der Waals surface area contributed by atoms with Crippen molar-refractivity contribution in [3.05, 3.63) is 23.7 Å². The second kappa shape index (κ2) is 3.09. The van der Waals surface area contributed by atoms with Gasteiger partial charge in [0.1, 0.15) is 11.9 Å². The Morgan fingerprint density at radius 3 is 2.45 bits per heavy atom. The van der Waals surface area contributed by atoms with Crippen LogP contribution in [0.4, 0.5) is 0 Å². The van der Waals surface area contributed by atoms with E-state index in [1.807, 2.05) is 26.8 Å². The van der Waals surface area contributed by atoms with Crippen LogP contribution < -0.4 is 0 Å². The third kappa shape index (κ3) is 1.63. The summed E-state index contributed by atoms with van der Waals surface area (Å²) in [6, 6.07) is 1.86. The number of hydrogen-bond donors (Lipinski definition) is 1. The summed E-state index contributed by atoms with van der Waals surface area (Å²) < 4.78 is 5.14. The van der Waals surface area contributed by atoms with Crippen LogP contribution in [0.3, 0.4) is 0 Å². The molecule has 0 amide bonds. The van der Waals surface area contributed by atoms with Gasteiger partial charge < -0.3 is 9.52 Å². The first kappa shape index (κ1) is 8.34. The molecule has 0 aromatic carbocycles. The minimum Gasteiger partial charge on any atom is -0.466 e. The molecule has 2 heteroatoms. The third-order valence-electron chi connectivity index (χ3n) is 1.80. The lowest BCUT2D eigenvalue weighted by Crippen LogP contribution is -2.05. The molecular formula is C9H14O2. The van der Waals surface area contributed by atoms with Crippen LogP contribution in [0.15, 0.2) is 16.7 Å². The minimum atomic E-state index is -0.468. The zero-order chi connectivity index (χ0) is 8.43. The van der Waals surface area contributed by atoms with Crippen molar-refractivity contribution >= 4 is 0 Å². The topological polar surface area (TPSA) is 33.4 Å². The van der Waals surface area contributed by atoms with Gasteiger partial charge in [-0.25, -0.2) is 0 Å². The highest BCUT2D eigenvalue weighted by Crippen LogP contribution is 2.24. The summed E-state index contributed by atoms with van der Waals surface area (Å²) in [7, 11) is 0. The van der Waals surface area contributed by atoms with E-state index >= 15 is 0 Å². The van der Waals surface area contributed by atoms with Gasteiger partial charge in [-0.3, -0.25) is 0 Å². The van der Waals surface area contributed by atoms with Crippen molar-refractivity contribution in [1.82, 2.24) is 0 Å². The average molecular weight is 154 g/mol. The summed E-state index contributed by atoms with van der Waals surface area (Å²) >= 11 is 0. The molecule has 11 heavy (non-hydrogen) atoms. The summed E-state index contributed by atoms with van der Waals surface area (Å²) in [6.45, 7) is 5.86. The molecule has 0 radical (unpaired) electrons. The van der Waals surface area contributed by atoms with E-state index in [9.17, 15) is 5.11 Å². The van der Waals surface area contributed by atoms with Crippen LogP contribution in [-0.4, -0.2) is 5.11 Å². The Labute approximate surface area is 66.8 Å². The molecule has 0 saturated heterocycles. The van der Waals surface area contributed by atoms with Gasteiger partial charge in [0.15, 0.2) is 0 Å². The number of hydrogen-bond acceptors (Lipinski definition) is 2. The molecule has 0 fully saturated rings. The number of aryl methyl sites for hydroxylation is 1. The van der Waals surface area contributed by atoms with Gasteiger partial charge in [0.05, 0.1) is 6.26 Å². The Morgan fingerprint density at radius 1 is 1.45 bits per heavy atom. The van der Waals surface area contributed by atoms with Crippen molar-refractivity contribution in [1.29, 1.82) is 0 Å². The SMILES string of the molecule is Cc1ccoc1C(O)C(C)C. The Balaban J connectivity index is 2.84. The van der Waals surface area contributed by atoms with Crippen molar-refractivity contribution in [3.63, 3.8) is 0 Å². The van der Waals surface area contributed by atoms with Crippen LogP contribution in [0.5, 0.6) is 0 Å². The molecule has 0 saturated carbocycles. The maximum absolute atomic E-state index is 9.57. The number of furan rings is 1. The average Bonchev–Trinajstić information content (AvgIpc) is 2.33. The predicted molar refractivity (Wildman–Crippen MR) is 43.2 cm³/mol. The monoisotopic (exact) mass is 154 g/mol. The molecule has 0 aliphatic heterocycles. The van der Waals surface area contributed by atoms with Crippen molar-refractivity contribution in [2.45, 2.75) is 26.9 Å². The fraction of sp³-hybridized carbons (Fsp3) is 0.556. The molecule has 1 N–H and O–H groups in total. The third-order valence-corrected chi connectivity index (χ3v) is 1.80. The van der Waals surface area contributed by atoms with Crippen molar-refractivity contribution < 1.29 is 9.52 Å². The minimum absolute atomic E-state index is 0.208. The van der Waals surface area contributed by atoms with Crippen LogP contribution >= 0.6 is 0 Å². The van der Waals surface area contributed by atoms with Gasteiger partial charge in [0.2, 0.25) is 0 Å². The van der Waals surface area contributed by atoms with Gasteiger partial charge >= 0.3 is 0 Å². The van der Waals surface area contributed by atoms with Crippen LogP contribution in [0.1, 0.15) is 31.3 Å². The summed E-state index contributed by atoms with van der Waals surface area (Å²) in [5.41, 5.74) is 1.02. The van der Waals surface area contributed by atoms with Gasteiger partial charge in [-0.05, 0) is 24.5 Å². The highest BCUT2D eigenvalue weighted by molar-refractivity contribution is 5.16. The van der Waals surface area contributed by atoms with E-state index in [2.05, 4.69) is 0 Å². The van der Waals surface area contributed by atoms with Crippen LogP contribution in [0, 0.1) is 12.8 Å². The Kier molecular flexibility index (Phi) is 2.35. The van der Waals surface area contributed by atoms with Gasteiger partial charge in [0.25, 0.3) is 0 Å². The molecule has 1 heterocycles. The quantitative estimate of drug-likeness (QED) is 0.709. The molecule has 0 spiro atoms. The lowest BCUT2D eigenvalue weighted by atomic mass is 10.0. The van der Waals surface area contributed by atoms with Crippen LogP contribution in [0.2, 0.25) is 0 Å². The summed E-state index contributed by atoms with van der Waals surface area (Å²) in [4.78, 5) is 0. The molecule has 1 atom stereocenters. The van der Waals surface area contributed by atoms with E-state index in [4.69, 9.17) is 4.42 Å². The molecule has 0 aliphatic rings. The zero-order valence-electron chi connectivity index (χ0n) is 7.16. The Bertz CT molecular complexity index is 225. The molecule has 1 rings (SSSR count). The van der Waals surface area contributed by atoms with Crippen LogP contribution in [-0.2, 0) is 0 Å². The Hall–Kier alpha value is -0.760. The summed E-state index contributed by atoms with van der Waals surface area (Å²) in [5, 5.41) is 9.57. The standard InChI is InChI=1S/C9H14O2/c1-6(2)8(10)9-7(3)4-5-11-9/h4-6,8,10H,1-3H3. The molecule has 62 valence electrons. The van der Waals surface area contributed by atoms with E-state index in [0.717, 1.165) is 5.56 Å². The smallest absolute Gasteiger partial charge is 0.135 e. The highest BCUT2D eigenvalue weighted by atomic mass is 16.4. The fourth-order valence-corrected chi connectivity index (χ4v) is 0.990. The molecule has 0 bridgehead atoms. The van der Waals surface area contributed by atoms with E-state index in [1.54, 1.807) is 6.26 Å². The summed E-state index contributed by atoms with van der Waals surface area (Å²) in [5.74, 6) is 0.903. The number of aliphatic hydroxyl groups excluding tert-OH is 1. The lowest BCUT2D eigenvalue weighted by Gasteiger charge is -2.11. The first-order chi connectivity index (χ1) is 5.13. The molecule has 1 aromatic heterocycles. The van der Waals surface area contributed by atoms with Crippen molar-refractivity contribution in [2.75, 3.05) is 0 Å². The number of rotatable bonds is 2. The van der Waals surface area contributed by atoms with Gasteiger partial charge in [-0.1, -0.05) is 13.8 Å². The first-order valence-corrected chi connectivity index (χ1v) is 3.85. The molecule has 1 aromatic rings. The lowest BCUT2D eigenvalue weighted by molar-refractivity contribution is 0.102. The van der Waals surface area contributed by atoms with Gasteiger partial charge in [-0.15, -0.1) is 0 Å². The van der Waals surface area contributed by atoms with Crippen molar-refractivity contribution in [3.8, 4) is 0 Å². The first-order valence-electron chi connectivity index (χ1n) is 3.85. The molecular weight excluding hydrogens is 140 g/mol. The van der Waals surface area contributed by atoms with E-state index in [1.165, 1.54) is 0 Å². The van der Waals surface area contributed by atoms with Gasteiger partial charge in [0, 0.05) is 0 Å². The van der Waals surface area contributed by atoms with E-state index in [0.29, 0.717) is 5.76 Å². The molecule has 1 unspecified atom stereocenters. The maximum atomic E-state index is 9.57. The number of aliphatic hydroxyl groups is 1. The summed E-state index contributed by atoms with van der Waals surface area (Å²) in [6.07, 6.45) is 1.14. The Morgan fingerprint density at radius 2 is 2.09 bits per heavy atom. The maximum Gasteiger partial charge on any atom is 0.135 e. The molecule has 2 nitrogen and oxygen atoms in total. The predicted octanol–water partition coefficient (Wildman–Crippen LogP) is 2.28. The van der Waals surface area contributed by atoms with Crippen molar-refractivity contribution in [2.24, 2.45) is 5.92 Å². The van der Waals surface area contributed by atoms with Gasteiger partial charge in [-0.2, -0.15) is 0 Å². The zero-order valence-corrected chi connectivity index (χ0v) is 7.16. The largest absolute Gasteiger partial charge is 0.466 e. The van der Waals surface area contributed by atoms with E-state index < -0.39 is 6.10 Å². The second-order valence-electron chi connectivity index (χ2n) is 3.16. The molecule has 0 aliphatic carbocycles.